The summed E-state index contributed by atoms with van der Waals surface area (Å²) >= 11 is 0. The van der Waals surface area contributed by atoms with Gasteiger partial charge in [-0.1, -0.05) is 6.07 Å². The first-order chi connectivity index (χ1) is 12.7. The van der Waals surface area contributed by atoms with Crippen molar-refractivity contribution >= 4 is 12.1 Å². The summed E-state index contributed by atoms with van der Waals surface area (Å²) in [6.45, 7) is 7.00. The number of aliphatic hydroxyl groups excluding tert-OH is 1. The van der Waals surface area contributed by atoms with Crippen LogP contribution in [0.1, 0.15) is 38.3 Å². The van der Waals surface area contributed by atoms with Crippen LogP contribution in [0.25, 0.3) is 0 Å². The van der Waals surface area contributed by atoms with Gasteiger partial charge in [0.15, 0.2) is 5.96 Å². The molecular formula is C19H29FN4O3. The standard InChI is InChI=1S/C19H29FN4O3/c1-19(2,3)27-18(26)23-15-7-8-24(11-15)17(21-4)22-10-13-5-6-16(20)14(9-13)12-25/h5-6,9,15,25H,7-8,10-12H2,1-4H3,(H,21,22)(H,23,26)/t15-/m1/s1. The van der Waals surface area contributed by atoms with Gasteiger partial charge in [-0.3, -0.25) is 4.99 Å². The minimum absolute atomic E-state index is 0.00906. The number of carbonyl (C=O) groups excluding carboxylic acids is 1. The largest absolute Gasteiger partial charge is 0.444 e. The van der Waals surface area contributed by atoms with Gasteiger partial charge in [-0.25, -0.2) is 9.18 Å². The molecule has 1 saturated heterocycles. The smallest absolute Gasteiger partial charge is 0.407 e. The van der Waals surface area contributed by atoms with Crippen molar-refractivity contribution < 1.29 is 19.0 Å². The van der Waals surface area contributed by atoms with E-state index in [0.717, 1.165) is 18.5 Å². The van der Waals surface area contributed by atoms with Gasteiger partial charge in [0.2, 0.25) is 0 Å². The predicted molar refractivity (Wildman–Crippen MR) is 102 cm³/mol. The van der Waals surface area contributed by atoms with Crippen LogP contribution in [-0.4, -0.2) is 53.8 Å². The van der Waals surface area contributed by atoms with Crippen molar-refractivity contribution in [3.8, 4) is 0 Å². The molecule has 0 saturated carbocycles. The minimum Gasteiger partial charge on any atom is -0.444 e. The molecule has 0 unspecified atom stereocenters. The number of guanidine groups is 1. The lowest BCUT2D eigenvalue weighted by Crippen LogP contribution is -2.44. The predicted octanol–water partition coefficient (Wildman–Crippen LogP) is 1.99. The molecule has 2 rings (SSSR count). The van der Waals surface area contributed by atoms with Crippen LogP contribution in [0.5, 0.6) is 0 Å². The Kier molecular flexibility index (Phi) is 7.01. The lowest BCUT2D eigenvalue weighted by Gasteiger charge is -2.23. The third kappa shape index (κ3) is 6.39. The number of rotatable bonds is 4. The zero-order valence-electron chi connectivity index (χ0n) is 16.4. The number of amides is 1. The topological polar surface area (TPSA) is 86.2 Å². The molecule has 8 heteroatoms. The molecule has 1 atom stereocenters. The summed E-state index contributed by atoms with van der Waals surface area (Å²) in [6, 6.07) is 4.64. The Hall–Kier alpha value is -2.35. The summed E-state index contributed by atoms with van der Waals surface area (Å²) in [5.41, 5.74) is 0.596. The molecule has 3 N–H and O–H groups in total. The zero-order valence-corrected chi connectivity index (χ0v) is 16.4. The van der Waals surface area contributed by atoms with E-state index in [1.54, 1.807) is 19.2 Å². The van der Waals surface area contributed by atoms with E-state index >= 15 is 0 Å². The molecule has 1 fully saturated rings. The fourth-order valence-corrected chi connectivity index (χ4v) is 2.92. The molecule has 0 spiro atoms. The number of nitrogens with zero attached hydrogens (tertiary/aromatic N) is 2. The third-order valence-corrected chi connectivity index (χ3v) is 4.15. The highest BCUT2D eigenvalue weighted by molar-refractivity contribution is 5.80. The number of ether oxygens (including phenoxy) is 1. The summed E-state index contributed by atoms with van der Waals surface area (Å²) in [7, 11) is 1.70. The highest BCUT2D eigenvalue weighted by Crippen LogP contribution is 2.13. The van der Waals surface area contributed by atoms with Gasteiger partial charge in [0, 0.05) is 32.2 Å². The van der Waals surface area contributed by atoms with E-state index in [0.29, 0.717) is 19.0 Å². The average molecular weight is 380 g/mol. The third-order valence-electron chi connectivity index (χ3n) is 4.15. The highest BCUT2D eigenvalue weighted by atomic mass is 19.1. The molecule has 0 aliphatic carbocycles. The van der Waals surface area contributed by atoms with Crippen molar-refractivity contribution in [2.45, 2.75) is 52.0 Å². The number of halogens is 1. The van der Waals surface area contributed by atoms with Crippen molar-refractivity contribution in [2.75, 3.05) is 20.1 Å². The second kappa shape index (κ2) is 9.03. The number of carbonyl (C=O) groups is 1. The maximum Gasteiger partial charge on any atom is 0.407 e. The van der Waals surface area contributed by atoms with E-state index in [2.05, 4.69) is 20.5 Å². The normalized spacial score (nSPS) is 17.8. The first-order valence-electron chi connectivity index (χ1n) is 9.05. The van der Waals surface area contributed by atoms with Crippen LogP contribution in [0.2, 0.25) is 0 Å². The molecule has 1 aromatic rings. The molecule has 0 aromatic heterocycles. The van der Waals surface area contributed by atoms with Gasteiger partial charge >= 0.3 is 6.09 Å². The van der Waals surface area contributed by atoms with Crippen LogP contribution in [0.4, 0.5) is 9.18 Å². The molecule has 1 aliphatic heterocycles. The van der Waals surface area contributed by atoms with E-state index in [1.165, 1.54) is 6.07 Å². The van der Waals surface area contributed by atoms with Crippen molar-refractivity contribution in [3.05, 3.63) is 35.1 Å². The fourth-order valence-electron chi connectivity index (χ4n) is 2.92. The number of aliphatic imine (C=N–C) groups is 1. The van der Waals surface area contributed by atoms with Gasteiger partial charge in [-0.15, -0.1) is 0 Å². The Morgan fingerprint density at radius 1 is 1.44 bits per heavy atom. The molecule has 1 heterocycles. The Morgan fingerprint density at radius 2 is 2.19 bits per heavy atom. The molecule has 1 aliphatic rings. The van der Waals surface area contributed by atoms with Gasteiger partial charge in [-0.2, -0.15) is 0 Å². The van der Waals surface area contributed by atoms with Gasteiger partial charge in [-0.05, 0) is 44.9 Å². The van der Waals surface area contributed by atoms with Gasteiger partial charge in [0.05, 0.1) is 12.6 Å². The molecular weight excluding hydrogens is 351 g/mol. The molecule has 0 bridgehead atoms. The maximum absolute atomic E-state index is 13.5. The average Bonchev–Trinajstić information content (AvgIpc) is 3.03. The minimum atomic E-state index is -0.525. The summed E-state index contributed by atoms with van der Waals surface area (Å²) in [5.74, 6) is 0.291. The number of aliphatic hydroxyl groups is 1. The maximum atomic E-state index is 13.5. The molecule has 150 valence electrons. The Balaban J connectivity index is 1.87. The van der Waals surface area contributed by atoms with Crippen LogP contribution in [0.15, 0.2) is 23.2 Å². The molecule has 0 radical (unpaired) electrons. The van der Waals surface area contributed by atoms with Crippen LogP contribution in [0, 0.1) is 5.82 Å². The number of alkyl carbamates (subject to hydrolysis) is 1. The summed E-state index contributed by atoms with van der Waals surface area (Å²) in [5, 5.41) is 15.3. The number of hydrogen-bond donors (Lipinski definition) is 3. The molecule has 27 heavy (non-hydrogen) atoms. The van der Waals surface area contributed by atoms with E-state index in [-0.39, 0.29) is 18.2 Å². The monoisotopic (exact) mass is 380 g/mol. The number of likely N-dealkylation sites (tertiary alicyclic amines) is 1. The second-order valence-electron chi connectivity index (χ2n) is 7.56. The Morgan fingerprint density at radius 3 is 2.81 bits per heavy atom. The molecule has 1 amide bonds. The van der Waals surface area contributed by atoms with Crippen molar-refractivity contribution in [1.29, 1.82) is 0 Å². The van der Waals surface area contributed by atoms with Gasteiger partial charge in [0.25, 0.3) is 0 Å². The zero-order chi connectivity index (χ0) is 20.0. The van der Waals surface area contributed by atoms with E-state index in [9.17, 15) is 14.3 Å². The SMILES string of the molecule is CN=C(NCc1ccc(F)c(CO)c1)N1CC[C@@H](NC(=O)OC(C)(C)C)C1. The first kappa shape index (κ1) is 21.0. The molecule has 1 aromatic carbocycles. The van der Waals surface area contributed by atoms with Gasteiger partial charge in [0.1, 0.15) is 11.4 Å². The lowest BCUT2D eigenvalue weighted by molar-refractivity contribution is 0.0507. The van der Waals surface area contributed by atoms with E-state index < -0.39 is 17.5 Å². The van der Waals surface area contributed by atoms with E-state index in [1.807, 2.05) is 20.8 Å². The second-order valence-corrected chi connectivity index (χ2v) is 7.56. The quantitative estimate of drug-likeness (QED) is 0.549. The van der Waals surface area contributed by atoms with Crippen molar-refractivity contribution in [3.63, 3.8) is 0 Å². The summed E-state index contributed by atoms with van der Waals surface area (Å²) < 4.78 is 18.8. The summed E-state index contributed by atoms with van der Waals surface area (Å²) in [6.07, 6.45) is 0.380. The van der Waals surface area contributed by atoms with Crippen LogP contribution in [-0.2, 0) is 17.9 Å². The lowest BCUT2D eigenvalue weighted by atomic mass is 10.1. The first-order valence-corrected chi connectivity index (χ1v) is 9.05. The summed E-state index contributed by atoms with van der Waals surface area (Å²) in [4.78, 5) is 18.2. The van der Waals surface area contributed by atoms with Crippen molar-refractivity contribution in [2.24, 2.45) is 4.99 Å². The number of benzene rings is 1. The van der Waals surface area contributed by atoms with E-state index in [4.69, 9.17) is 4.74 Å². The fraction of sp³-hybridized carbons (Fsp3) is 0.579. The molecule has 7 nitrogen and oxygen atoms in total. The number of nitrogens with one attached hydrogen (secondary N) is 2. The Labute approximate surface area is 159 Å². The van der Waals surface area contributed by atoms with Crippen LogP contribution in [0.3, 0.4) is 0 Å². The highest BCUT2D eigenvalue weighted by Gasteiger charge is 2.27. The van der Waals surface area contributed by atoms with Crippen LogP contribution >= 0.6 is 0 Å². The van der Waals surface area contributed by atoms with Crippen LogP contribution < -0.4 is 10.6 Å². The Bertz CT molecular complexity index is 688. The number of hydrogen-bond acceptors (Lipinski definition) is 4. The van der Waals surface area contributed by atoms with Gasteiger partial charge < -0.3 is 25.4 Å². The van der Waals surface area contributed by atoms with Crippen molar-refractivity contribution in [1.82, 2.24) is 15.5 Å².